The zero-order valence-corrected chi connectivity index (χ0v) is 14.8. The average Bonchev–Trinajstić information content (AvgIpc) is 2.35. The van der Waals surface area contributed by atoms with E-state index in [0.29, 0.717) is 23.8 Å². The minimum atomic E-state index is -0.811. The van der Waals surface area contributed by atoms with Crippen molar-refractivity contribution in [2.75, 3.05) is 13.7 Å². The van der Waals surface area contributed by atoms with E-state index in [1.165, 1.54) is 0 Å². The van der Waals surface area contributed by atoms with Crippen molar-refractivity contribution in [1.29, 1.82) is 0 Å². The molecular formula is C14H21IN2O4. The maximum atomic E-state index is 11.1. The Morgan fingerprint density at radius 1 is 1.48 bits per heavy atom. The van der Waals surface area contributed by atoms with Gasteiger partial charge in [0.2, 0.25) is 0 Å². The maximum absolute atomic E-state index is 11.1. The fraction of sp³-hybridized carbons (Fsp3) is 0.571. The molecule has 0 spiro atoms. The van der Waals surface area contributed by atoms with E-state index in [-0.39, 0.29) is 6.61 Å². The zero-order valence-electron chi connectivity index (χ0n) is 12.7. The molecule has 0 aromatic carbocycles. The van der Waals surface area contributed by atoms with Gasteiger partial charge >= 0.3 is 6.09 Å². The van der Waals surface area contributed by atoms with E-state index in [1.54, 1.807) is 26.3 Å². The first-order valence-corrected chi connectivity index (χ1v) is 7.64. The van der Waals surface area contributed by atoms with Crippen LogP contribution in [-0.4, -0.2) is 30.4 Å². The Balaban J connectivity index is 2.83. The normalized spacial score (nSPS) is 13.6. The molecule has 6 nitrogen and oxygen atoms in total. The number of primary amides is 1. The molecule has 1 unspecified atom stereocenters. The molecule has 1 aromatic heterocycles. The standard InChI is InChI=1S/C14H21IN2O4/c1-9(2)6-14(3,21-13(16)18)8-20-11-7-17-12(15)5-10(11)19-4/h5,7,9H,6,8H2,1-4H3,(H2,16,18). The van der Waals surface area contributed by atoms with Gasteiger partial charge in [-0.05, 0) is 41.9 Å². The monoisotopic (exact) mass is 408 g/mol. The summed E-state index contributed by atoms with van der Waals surface area (Å²) in [6, 6.07) is 1.77. The smallest absolute Gasteiger partial charge is 0.405 e. The van der Waals surface area contributed by atoms with E-state index in [2.05, 4.69) is 27.6 Å². The second-order valence-electron chi connectivity index (χ2n) is 5.42. The molecule has 0 bridgehead atoms. The number of nitrogens with zero attached hydrogens (tertiary/aromatic N) is 1. The summed E-state index contributed by atoms with van der Waals surface area (Å²) in [6.45, 7) is 6.04. The first-order valence-electron chi connectivity index (χ1n) is 6.56. The van der Waals surface area contributed by atoms with E-state index >= 15 is 0 Å². The molecule has 1 heterocycles. The molecule has 0 aliphatic rings. The quantitative estimate of drug-likeness (QED) is 0.554. The molecule has 0 aliphatic heterocycles. The number of carbonyl (C=O) groups is 1. The van der Waals surface area contributed by atoms with E-state index < -0.39 is 11.7 Å². The Kier molecular flexibility index (Phi) is 6.50. The number of rotatable bonds is 7. The fourth-order valence-corrected chi connectivity index (χ4v) is 2.56. The SMILES string of the molecule is COc1cc(I)ncc1OCC(C)(CC(C)C)OC(N)=O. The Morgan fingerprint density at radius 3 is 2.67 bits per heavy atom. The highest BCUT2D eigenvalue weighted by molar-refractivity contribution is 14.1. The fourth-order valence-electron chi connectivity index (χ4n) is 2.14. The van der Waals surface area contributed by atoms with E-state index in [0.717, 1.165) is 3.70 Å². The van der Waals surface area contributed by atoms with Crippen LogP contribution < -0.4 is 15.2 Å². The topological polar surface area (TPSA) is 83.7 Å². The van der Waals surface area contributed by atoms with Crippen molar-refractivity contribution in [3.63, 3.8) is 0 Å². The van der Waals surface area contributed by atoms with Crippen LogP contribution in [0.3, 0.4) is 0 Å². The number of amides is 1. The molecule has 118 valence electrons. The van der Waals surface area contributed by atoms with Crippen molar-refractivity contribution in [1.82, 2.24) is 4.98 Å². The van der Waals surface area contributed by atoms with Crippen molar-refractivity contribution in [2.24, 2.45) is 11.7 Å². The molecule has 21 heavy (non-hydrogen) atoms. The molecule has 0 aliphatic carbocycles. The summed E-state index contributed by atoms with van der Waals surface area (Å²) in [7, 11) is 1.56. The van der Waals surface area contributed by atoms with Crippen LogP contribution in [0.1, 0.15) is 27.2 Å². The Bertz CT molecular complexity index is 496. The van der Waals surface area contributed by atoms with Crippen molar-refractivity contribution in [3.8, 4) is 11.5 Å². The molecule has 2 N–H and O–H groups in total. The molecule has 0 fully saturated rings. The van der Waals surface area contributed by atoms with Crippen LogP contribution in [-0.2, 0) is 4.74 Å². The Hall–Kier alpha value is -1.25. The molecule has 1 rings (SSSR count). The lowest BCUT2D eigenvalue weighted by atomic mass is 9.95. The number of methoxy groups -OCH3 is 1. The number of ether oxygens (including phenoxy) is 3. The van der Waals surface area contributed by atoms with Crippen molar-refractivity contribution >= 4 is 28.7 Å². The summed E-state index contributed by atoms with van der Waals surface area (Å²) in [5.41, 5.74) is 4.35. The summed E-state index contributed by atoms with van der Waals surface area (Å²) in [6.07, 6.45) is 1.41. The van der Waals surface area contributed by atoms with Crippen LogP contribution in [0.25, 0.3) is 0 Å². The lowest BCUT2D eigenvalue weighted by Gasteiger charge is -2.30. The van der Waals surface area contributed by atoms with E-state index in [9.17, 15) is 4.79 Å². The molecule has 1 aromatic rings. The predicted octanol–water partition coefficient (Wildman–Crippen LogP) is 2.97. The second-order valence-corrected chi connectivity index (χ2v) is 6.52. The number of hydrogen-bond donors (Lipinski definition) is 1. The largest absolute Gasteiger partial charge is 0.493 e. The predicted molar refractivity (Wildman–Crippen MR) is 87.5 cm³/mol. The van der Waals surface area contributed by atoms with Crippen LogP contribution in [0, 0.1) is 9.62 Å². The molecular weight excluding hydrogens is 387 g/mol. The van der Waals surface area contributed by atoms with Gasteiger partial charge in [0.25, 0.3) is 0 Å². The van der Waals surface area contributed by atoms with Gasteiger partial charge in [0.1, 0.15) is 15.9 Å². The summed E-state index contributed by atoms with van der Waals surface area (Å²) < 4.78 is 17.0. The molecule has 0 saturated carbocycles. The van der Waals surface area contributed by atoms with Crippen LogP contribution in [0.15, 0.2) is 12.3 Å². The first-order chi connectivity index (χ1) is 9.75. The molecule has 7 heteroatoms. The average molecular weight is 408 g/mol. The summed E-state index contributed by atoms with van der Waals surface area (Å²) in [5, 5.41) is 0. The lowest BCUT2D eigenvalue weighted by molar-refractivity contribution is -0.0191. The Morgan fingerprint density at radius 2 is 2.14 bits per heavy atom. The summed E-state index contributed by atoms with van der Waals surface area (Å²) in [5.74, 6) is 1.41. The van der Waals surface area contributed by atoms with Crippen LogP contribution >= 0.6 is 22.6 Å². The molecule has 1 amide bonds. The molecule has 0 radical (unpaired) electrons. The third-order valence-electron chi connectivity index (χ3n) is 2.74. The van der Waals surface area contributed by atoms with Gasteiger partial charge in [0.05, 0.1) is 13.3 Å². The van der Waals surface area contributed by atoms with Gasteiger partial charge in [-0.3, -0.25) is 0 Å². The van der Waals surface area contributed by atoms with Gasteiger partial charge in [-0.1, -0.05) is 13.8 Å². The van der Waals surface area contributed by atoms with Gasteiger partial charge < -0.3 is 19.9 Å². The van der Waals surface area contributed by atoms with Crippen LogP contribution in [0.4, 0.5) is 4.79 Å². The maximum Gasteiger partial charge on any atom is 0.405 e. The minimum Gasteiger partial charge on any atom is -0.493 e. The number of carbonyl (C=O) groups excluding carboxylic acids is 1. The Labute approximate surface area is 138 Å². The van der Waals surface area contributed by atoms with Crippen molar-refractivity contribution in [3.05, 3.63) is 16.0 Å². The van der Waals surface area contributed by atoms with Gasteiger partial charge in [-0.2, -0.15) is 0 Å². The summed E-state index contributed by atoms with van der Waals surface area (Å²) in [4.78, 5) is 15.2. The highest BCUT2D eigenvalue weighted by Gasteiger charge is 2.31. The number of nitrogens with two attached hydrogens (primary N) is 1. The van der Waals surface area contributed by atoms with Crippen molar-refractivity contribution in [2.45, 2.75) is 32.8 Å². The zero-order chi connectivity index (χ0) is 16.0. The minimum absolute atomic E-state index is 0.173. The highest BCUT2D eigenvalue weighted by Crippen LogP contribution is 2.29. The number of pyridine rings is 1. The van der Waals surface area contributed by atoms with Crippen LogP contribution in [0.5, 0.6) is 11.5 Å². The van der Waals surface area contributed by atoms with Crippen molar-refractivity contribution < 1.29 is 19.0 Å². The van der Waals surface area contributed by atoms with Gasteiger partial charge in [-0.25, -0.2) is 9.78 Å². The second kappa shape index (κ2) is 7.67. The third kappa shape index (κ3) is 5.94. The molecule has 1 atom stereocenters. The third-order valence-corrected chi connectivity index (χ3v) is 3.33. The van der Waals surface area contributed by atoms with Gasteiger partial charge in [-0.15, -0.1) is 0 Å². The lowest BCUT2D eigenvalue weighted by Crippen LogP contribution is -2.41. The molecule has 0 saturated heterocycles. The van der Waals surface area contributed by atoms with Gasteiger partial charge in [0.15, 0.2) is 11.5 Å². The highest BCUT2D eigenvalue weighted by atomic mass is 127. The number of hydrogen-bond acceptors (Lipinski definition) is 5. The van der Waals surface area contributed by atoms with E-state index in [1.807, 2.05) is 13.8 Å². The summed E-state index contributed by atoms with van der Waals surface area (Å²) >= 11 is 2.09. The first kappa shape index (κ1) is 17.8. The van der Waals surface area contributed by atoms with Gasteiger partial charge in [0, 0.05) is 6.07 Å². The number of halogens is 1. The van der Waals surface area contributed by atoms with E-state index in [4.69, 9.17) is 19.9 Å². The van der Waals surface area contributed by atoms with Crippen LogP contribution in [0.2, 0.25) is 0 Å². The number of aromatic nitrogens is 1.